The highest BCUT2D eigenvalue weighted by atomic mass is 32.1. The van der Waals surface area contributed by atoms with Crippen LogP contribution in [-0.4, -0.2) is 11.9 Å². The highest BCUT2D eigenvalue weighted by Gasteiger charge is 2.27. The van der Waals surface area contributed by atoms with E-state index in [9.17, 15) is 4.79 Å². The molecular formula is C22H33NOS. The van der Waals surface area contributed by atoms with E-state index in [4.69, 9.17) is 0 Å². The third-order valence-corrected chi connectivity index (χ3v) is 7.70. The number of carbonyl (C=O) groups excluding carboxylic acids is 1. The molecular weight excluding hydrogens is 326 g/mol. The fourth-order valence-corrected chi connectivity index (χ4v) is 6.01. The number of rotatable bonds is 8. The van der Waals surface area contributed by atoms with E-state index < -0.39 is 0 Å². The quantitative estimate of drug-likeness (QED) is 0.609. The zero-order valence-corrected chi connectivity index (χ0v) is 16.3. The fraction of sp³-hybridized carbons (Fsp3) is 0.773. The van der Waals surface area contributed by atoms with Gasteiger partial charge in [-0.25, -0.2) is 0 Å². The molecule has 3 aliphatic rings. The summed E-state index contributed by atoms with van der Waals surface area (Å²) < 4.78 is 0. The Morgan fingerprint density at radius 1 is 0.920 bits per heavy atom. The maximum Gasteiger partial charge on any atom is 0.261 e. The third-order valence-electron chi connectivity index (χ3n) is 6.59. The summed E-state index contributed by atoms with van der Waals surface area (Å²) in [6.45, 7) is 0. The lowest BCUT2D eigenvalue weighted by atomic mass is 9.90. The fourth-order valence-electron chi connectivity index (χ4n) is 4.98. The highest BCUT2D eigenvalue weighted by Crippen LogP contribution is 2.35. The Morgan fingerprint density at radius 3 is 2.08 bits per heavy atom. The topological polar surface area (TPSA) is 29.1 Å². The number of hydrogen-bond acceptors (Lipinski definition) is 2. The summed E-state index contributed by atoms with van der Waals surface area (Å²) in [5, 5.41) is 3.44. The van der Waals surface area contributed by atoms with Crippen LogP contribution in [0.4, 0.5) is 0 Å². The van der Waals surface area contributed by atoms with Crippen LogP contribution >= 0.6 is 11.3 Å². The number of nitrogens with one attached hydrogen (secondary N) is 1. The van der Waals surface area contributed by atoms with Crippen LogP contribution < -0.4 is 5.32 Å². The van der Waals surface area contributed by atoms with Gasteiger partial charge in [0.2, 0.25) is 0 Å². The molecule has 1 heterocycles. The number of amides is 1. The minimum atomic E-state index is 0.188. The van der Waals surface area contributed by atoms with E-state index in [-0.39, 0.29) is 5.91 Å². The Balaban J connectivity index is 1.35. The van der Waals surface area contributed by atoms with Gasteiger partial charge >= 0.3 is 0 Å². The average molecular weight is 360 g/mol. The van der Waals surface area contributed by atoms with Gasteiger partial charge in [-0.15, -0.1) is 11.3 Å². The first-order valence-corrected chi connectivity index (χ1v) is 11.5. The maximum atomic E-state index is 12.8. The molecule has 25 heavy (non-hydrogen) atoms. The van der Waals surface area contributed by atoms with Gasteiger partial charge in [0.05, 0.1) is 4.88 Å². The zero-order chi connectivity index (χ0) is 17.1. The molecule has 0 unspecified atom stereocenters. The van der Waals surface area contributed by atoms with Gasteiger partial charge in [-0.1, -0.05) is 51.4 Å². The van der Waals surface area contributed by atoms with E-state index in [0.717, 1.165) is 22.6 Å². The lowest BCUT2D eigenvalue weighted by Gasteiger charge is -2.24. The van der Waals surface area contributed by atoms with E-state index >= 15 is 0 Å². The Kier molecular flexibility index (Phi) is 5.80. The molecule has 0 bridgehead atoms. The summed E-state index contributed by atoms with van der Waals surface area (Å²) >= 11 is 1.72. The van der Waals surface area contributed by atoms with Crippen LogP contribution in [0, 0.1) is 17.8 Å². The molecule has 2 nitrogen and oxygen atoms in total. The predicted molar refractivity (Wildman–Crippen MR) is 105 cm³/mol. The number of hydrogen-bond donors (Lipinski definition) is 1. The van der Waals surface area contributed by atoms with Gasteiger partial charge in [-0.3, -0.25) is 4.79 Å². The molecule has 0 saturated heterocycles. The first-order chi connectivity index (χ1) is 12.3. The molecule has 1 N–H and O–H groups in total. The summed E-state index contributed by atoms with van der Waals surface area (Å²) in [6.07, 6.45) is 17.4. The summed E-state index contributed by atoms with van der Waals surface area (Å²) in [4.78, 5) is 15.1. The van der Waals surface area contributed by atoms with E-state index in [2.05, 4.69) is 17.4 Å². The monoisotopic (exact) mass is 359 g/mol. The standard InChI is InChI=1S/C22H33NOS/c24-22(21-12-11-20(25-21)15-18-9-10-18)23-19(13-16-5-1-2-6-16)14-17-7-3-4-8-17/h11-12,16-19H,1-10,13-15H2,(H,23,24). The van der Waals surface area contributed by atoms with Crippen LogP contribution in [0.3, 0.4) is 0 Å². The van der Waals surface area contributed by atoms with Crippen molar-refractivity contribution in [2.45, 2.75) is 89.5 Å². The molecule has 3 heteroatoms. The van der Waals surface area contributed by atoms with Crippen LogP contribution in [-0.2, 0) is 6.42 Å². The first-order valence-electron chi connectivity index (χ1n) is 10.7. The van der Waals surface area contributed by atoms with Crippen LogP contribution in [0.15, 0.2) is 12.1 Å². The second-order valence-corrected chi connectivity index (χ2v) is 10.0. The summed E-state index contributed by atoms with van der Waals surface area (Å²) in [5.74, 6) is 2.78. The maximum absolute atomic E-state index is 12.8. The zero-order valence-electron chi connectivity index (χ0n) is 15.5. The molecule has 1 aromatic heterocycles. The second kappa shape index (κ2) is 8.24. The van der Waals surface area contributed by atoms with Gasteiger partial charge in [0.25, 0.3) is 5.91 Å². The molecule has 3 aliphatic carbocycles. The molecule has 3 fully saturated rings. The second-order valence-electron chi connectivity index (χ2n) is 8.86. The van der Waals surface area contributed by atoms with E-state index in [1.165, 1.54) is 88.3 Å². The van der Waals surface area contributed by atoms with Gasteiger partial charge in [-0.2, -0.15) is 0 Å². The minimum Gasteiger partial charge on any atom is -0.349 e. The Bertz CT molecular complexity index is 546. The Hall–Kier alpha value is -0.830. The van der Waals surface area contributed by atoms with Crippen molar-refractivity contribution in [3.05, 3.63) is 21.9 Å². The van der Waals surface area contributed by atoms with Crippen molar-refractivity contribution in [3.63, 3.8) is 0 Å². The van der Waals surface area contributed by atoms with Crippen molar-refractivity contribution in [2.75, 3.05) is 0 Å². The predicted octanol–water partition coefficient (Wildman–Crippen LogP) is 5.96. The molecule has 0 spiro atoms. The average Bonchev–Trinajstić information content (AvgIpc) is 3.05. The normalized spacial score (nSPS) is 22.1. The van der Waals surface area contributed by atoms with Crippen LogP contribution in [0.1, 0.15) is 91.6 Å². The molecule has 0 radical (unpaired) electrons. The smallest absolute Gasteiger partial charge is 0.261 e. The van der Waals surface area contributed by atoms with Gasteiger partial charge in [-0.05, 0) is 62.0 Å². The van der Waals surface area contributed by atoms with Crippen molar-refractivity contribution in [1.82, 2.24) is 5.32 Å². The van der Waals surface area contributed by atoms with E-state index in [1.807, 2.05) is 0 Å². The summed E-state index contributed by atoms with van der Waals surface area (Å²) in [7, 11) is 0. The van der Waals surface area contributed by atoms with Crippen molar-refractivity contribution in [3.8, 4) is 0 Å². The highest BCUT2D eigenvalue weighted by molar-refractivity contribution is 7.14. The first kappa shape index (κ1) is 17.6. The largest absolute Gasteiger partial charge is 0.349 e. The molecule has 4 rings (SSSR count). The minimum absolute atomic E-state index is 0.188. The van der Waals surface area contributed by atoms with Gasteiger partial charge < -0.3 is 5.32 Å². The van der Waals surface area contributed by atoms with Crippen LogP contribution in [0.2, 0.25) is 0 Å². The number of thiophene rings is 1. The molecule has 1 aromatic rings. The third kappa shape index (κ3) is 5.09. The van der Waals surface area contributed by atoms with Crippen molar-refractivity contribution >= 4 is 17.2 Å². The SMILES string of the molecule is O=C(NC(CC1CCCC1)CC1CCCC1)c1ccc(CC2CC2)s1. The van der Waals surface area contributed by atoms with Gasteiger partial charge in [0.15, 0.2) is 0 Å². The van der Waals surface area contributed by atoms with Gasteiger partial charge in [0, 0.05) is 10.9 Å². The van der Waals surface area contributed by atoms with E-state index in [1.54, 1.807) is 11.3 Å². The summed E-state index contributed by atoms with van der Waals surface area (Å²) in [5.41, 5.74) is 0. The van der Waals surface area contributed by atoms with Gasteiger partial charge in [0.1, 0.15) is 0 Å². The molecule has 0 atom stereocenters. The Morgan fingerprint density at radius 2 is 1.52 bits per heavy atom. The molecule has 1 amide bonds. The van der Waals surface area contributed by atoms with Crippen molar-refractivity contribution < 1.29 is 4.79 Å². The van der Waals surface area contributed by atoms with Crippen LogP contribution in [0.5, 0.6) is 0 Å². The Labute approximate surface area is 156 Å². The molecule has 3 saturated carbocycles. The van der Waals surface area contributed by atoms with Crippen molar-refractivity contribution in [1.29, 1.82) is 0 Å². The van der Waals surface area contributed by atoms with Crippen molar-refractivity contribution in [2.24, 2.45) is 17.8 Å². The lowest BCUT2D eigenvalue weighted by Crippen LogP contribution is -2.37. The lowest BCUT2D eigenvalue weighted by molar-refractivity contribution is 0.0928. The van der Waals surface area contributed by atoms with E-state index in [0.29, 0.717) is 6.04 Å². The molecule has 0 aliphatic heterocycles. The molecule has 138 valence electrons. The summed E-state index contributed by atoms with van der Waals surface area (Å²) in [6, 6.07) is 4.63. The number of carbonyl (C=O) groups is 1. The van der Waals surface area contributed by atoms with Crippen LogP contribution in [0.25, 0.3) is 0 Å². The molecule has 0 aromatic carbocycles.